The third-order valence-electron chi connectivity index (χ3n) is 3.19. The van der Waals surface area contributed by atoms with Crippen LogP contribution in [0.5, 0.6) is 0 Å². The van der Waals surface area contributed by atoms with Crippen molar-refractivity contribution in [2.24, 2.45) is 0 Å². The third-order valence-corrected chi connectivity index (χ3v) is 3.19. The Bertz CT molecular complexity index is 505. The number of rotatable bonds is 4. The Morgan fingerprint density at radius 3 is 3.00 bits per heavy atom. The number of aromatic nitrogens is 2. The Balaban J connectivity index is 1.98. The molecule has 1 unspecified atom stereocenters. The Hall–Kier alpha value is -2.18. The van der Waals surface area contributed by atoms with Crippen molar-refractivity contribution in [3.63, 3.8) is 0 Å². The van der Waals surface area contributed by atoms with Crippen molar-refractivity contribution < 1.29 is 9.59 Å². The molecule has 1 aliphatic rings. The molecule has 0 saturated carbocycles. The zero-order valence-corrected chi connectivity index (χ0v) is 11.7. The molecule has 0 radical (unpaired) electrons. The number of anilines is 1. The molecular formula is C13H19N5O2. The predicted molar refractivity (Wildman–Crippen MR) is 74.3 cm³/mol. The molecule has 0 bridgehead atoms. The van der Waals surface area contributed by atoms with Crippen LogP contribution >= 0.6 is 0 Å². The quantitative estimate of drug-likeness (QED) is 0.824. The highest BCUT2D eigenvalue weighted by Crippen LogP contribution is 2.10. The molecule has 1 saturated heterocycles. The summed E-state index contributed by atoms with van der Waals surface area (Å²) in [4.78, 5) is 33.3. The monoisotopic (exact) mass is 277 g/mol. The first-order valence-electron chi connectivity index (χ1n) is 6.71. The van der Waals surface area contributed by atoms with Crippen LogP contribution in [0.2, 0.25) is 0 Å². The first-order chi connectivity index (χ1) is 9.60. The lowest BCUT2D eigenvalue weighted by Gasteiger charge is -2.30. The summed E-state index contributed by atoms with van der Waals surface area (Å²) in [6.07, 6.45) is 4.14. The number of amides is 2. The van der Waals surface area contributed by atoms with E-state index >= 15 is 0 Å². The lowest BCUT2D eigenvalue weighted by atomic mass is 10.1. The van der Waals surface area contributed by atoms with Crippen LogP contribution in [0.25, 0.3) is 0 Å². The normalized spacial score (nSPS) is 18.8. The molecule has 2 heterocycles. The number of nitrogens with zero attached hydrogens (tertiary/aromatic N) is 3. The van der Waals surface area contributed by atoms with E-state index in [-0.39, 0.29) is 23.6 Å². The predicted octanol–water partition coefficient (Wildman–Crippen LogP) is 0.259. The summed E-state index contributed by atoms with van der Waals surface area (Å²) in [5.41, 5.74) is 0.281. The molecule has 2 amide bonds. The van der Waals surface area contributed by atoms with E-state index in [1.54, 1.807) is 18.1 Å². The summed E-state index contributed by atoms with van der Waals surface area (Å²) in [5, 5.41) is 5.91. The van der Waals surface area contributed by atoms with Crippen molar-refractivity contribution in [3.05, 3.63) is 18.1 Å². The summed E-state index contributed by atoms with van der Waals surface area (Å²) in [7, 11) is 1.74. The van der Waals surface area contributed by atoms with Gasteiger partial charge in [0.25, 0.3) is 5.91 Å². The topological polar surface area (TPSA) is 87.2 Å². The molecule has 20 heavy (non-hydrogen) atoms. The van der Waals surface area contributed by atoms with E-state index < -0.39 is 0 Å². The van der Waals surface area contributed by atoms with E-state index in [0.29, 0.717) is 25.2 Å². The molecular weight excluding hydrogens is 258 g/mol. The van der Waals surface area contributed by atoms with Gasteiger partial charge in [-0.1, -0.05) is 0 Å². The van der Waals surface area contributed by atoms with Crippen LogP contribution in [0.4, 0.5) is 5.82 Å². The van der Waals surface area contributed by atoms with E-state index in [9.17, 15) is 9.59 Å². The lowest BCUT2D eigenvalue weighted by Crippen LogP contribution is -2.48. The van der Waals surface area contributed by atoms with E-state index in [1.807, 2.05) is 6.92 Å². The fourth-order valence-corrected chi connectivity index (χ4v) is 2.13. The molecule has 2 rings (SSSR count). The standard InChI is InChI=1S/C13H19N5O2/c1-3-15-11-7-14-6-10(17-11)13(20)16-9-4-5-12(19)18(2)8-9/h6-7,9H,3-5,8H2,1-2H3,(H,15,17)(H,16,20). The minimum atomic E-state index is -0.259. The van der Waals surface area contributed by atoms with Gasteiger partial charge in [0.1, 0.15) is 11.5 Å². The van der Waals surface area contributed by atoms with Crippen molar-refractivity contribution in [2.45, 2.75) is 25.8 Å². The van der Waals surface area contributed by atoms with Crippen LogP contribution in [-0.4, -0.2) is 52.9 Å². The van der Waals surface area contributed by atoms with Crippen molar-refractivity contribution in [2.75, 3.05) is 25.5 Å². The van der Waals surface area contributed by atoms with Crippen molar-refractivity contribution >= 4 is 17.6 Å². The van der Waals surface area contributed by atoms with Gasteiger partial charge in [0.2, 0.25) is 5.91 Å². The molecule has 0 aliphatic carbocycles. The number of piperidine rings is 1. The second kappa shape index (κ2) is 6.31. The Morgan fingerprint density at radius 2 is 2.30 bits per heavy atom. The van der Waals surface area contributed by atoms with Gasteiger partial charge in [-0.3, -0.25) is 14.6 Å². The highest BCUT2D eigenvalue weighted by Gasteiger charge is 2.24. The van der Waals surface area contributed by atoms with E-state index in [2.05, 4.69) is 20.6 Å². The Labute approximate surface area is 117 Å². The van der Waals surface area contributed by atoms with Crippen LogP contribution in [0.3, 0.4) is 0 Å². The number of carbonyl (C=O) groups excluding carboxylic acids is 2. The highest BCUT2D eigenvalue weighted by molar-refractivity contribution is 5.92. The van der Waals surface area contributed by atoms with E-state index in [1.165, 1.54) is 6.20 Å². The number of likely N-dealkylation sites (N-methyl/N-ethyl adjacent to an activating group) is 1. The molecule has 108 valence electrons. The van der Waals surface area contributed by atoms with Crippen LogP contribution in [0.15, 0.2) is 12.4 Å². The average molecular weight is 277 g/mol. The van der Waals surface area contributed by atoms with Crippen LogP contribution in [-0.2, 0) is 4.79 Å². The molecule has 1 fully saturated rings. The number of hydrogen-bond donors (Lipinski definition) is 2. The summed E-state index contributed by atoms with van der Waals surface area (Å²) >= 11 is 0. The zero-order chi connectivity index (χ0) is 14.5. The van der Waals surface area contributed by atoms with E-state index in [0.717, 1.165) is 6.54 Å². The zero-order valence-electron chi connectivity index (χ0n) is 11.7. The van der Waals surface area contributed by atoms with Gasteiger partial charge < -0.3 is 15.5 Å². The fraction of sp³-hybridized carbons (Fsp3) is 0.538. The molecule has 0 spiro atoms. The summed E-state index contributed by atoms with van der Waals surface area (Å²) in [5.74, 6) is 0.436. The van der Waals surface area contributed by atoms with Crippen molar-refractivity contribution in [3.8, 4) is 0 Å². The second-order valence-corrected chi connectivity index (χ2v) is 4.80. The molecule has 1 atom stereocenters. The van der Waals surface area contributed by atoms with Gasteiger partial charge in [-0.25, -0.2) is 4.98 Å². The Kier molecular flexibility index (Phi) is 4.49. The maximum Gasteiger partial charge on any atom is 0.271 e. The van der Waals surface area contributed by atoms with Gasteiger partial charge in [0.15, 0.2) is 0 Å². The molecule has 1 aromatic rings. The van der Waals surface area contributed by atoms with Crippen LogP contribution < -0.4 is 10.6 Å². The number of nitrogens with one attached hydrogen (secondary N) is 2. The van der Waals surface area contributed by atoms with Gasteiger partial charge in [0.05, 0.1) is 12.4 Å². The SMILES string of the molecule is CCNc1cncc(C(=O)NC2CCC(=O)N(C)C2)n1. The van der Waals surface area contributed by atoms with Gasteiger partial charge >= 0.3 is 0 Å². The summed E-state index contributed by atoms with van der Waals surface area (Å²) in [6.45, 7) is 3.20. The highest BCUT2D eigenvalue weighted by atomic mass is 16.2. The maximum atomic E-state index is 12.1. The van der Waals surface area contributed by atoms with Gasteiger partial charge in [0, 0.05) is 32.6 Å². The van der Waals surface area contributed by atoms with Gasteiger partial charge in [-0.2, -0.15) is 0 Å². The van der Waals surface area contributed by atoms with Crippen molar-refractivity contribution in [1.82, 2.24) is 20.2 Å². The smallest absolute Gasteiger partial charge is 0.271 e. The maximum absolute atomic E-state index is 12.1. The first kappa shape index (κ1) is 14.2. The molecule has 7 nitrogen and oxygen atoms in total. The fourth-order valence-electron chi connectivity index (χ4n) is 2.13. The molecule has 1 aromatic heterocycles. The lowest BCUT2D eigenvalue weighted by molar-refractivity contribution is -0.132. The third kappa shape index (κ3) is 3.43. The average Bonchev–Trinajstić information content (AvgIpc) is 2.43. The van der Waals surface area contributed by atoms with Gasteiger partial charge in [-0.15, -0.1) is 0 Å². The van der Waals surface area contributed by atoms with Crippen molar-refractivity contribution in [1.29, 1.82) is 0 Å². The minimum absolute atomic E-state index is 0.0326. The second-order valence-electron chi connectivity index (χ2n) is 4.80. The number of carbonyl (C=O) groups is 2. The number of likely N-dealkylation sites (tertiary alicyclic amines) is 1. The molecule has 7 heteroatoms. The van der Waals surface area contributed by atoms with Crippen LogP contribution in [0.1, 0.15) is 30.3 Å². The Morgan fingerprint density at radius 1 is 1.50 bits per heavy atom. The first-order valence-corrected chi connectivity index (χ1v) is 6.71. The summed E-state index contributed by atoms with van der Waals surface area (Å²) < 4.78 is 0. The van der Waals surface area contributed by atoms with E-state index in [4.69, 9.17) is 0 Å². The number of hydrogen-bond acceptors (Lipinski definition) is 5. The molecule has 1 aliphatic heterocycles. The largest absolute Gasteiger partial charge is 0.369 e. The molecule has 2 N–H and O–H groups in total. The van der Waals surface area contributed by atoms with Crippen LogP contribution in [0, 0.1) is 0 Å². The van der Waals surface area contributed by atoms with Gasteiger partial charge in [-0.05, 0) is 13.3 Å². The summed E-state index contributed by atoms with van der Waals surface area (Å²) in [6, 6.07) is -0.0326. The minimum Gasteiger partial charge on any atom is -0.369 e. The molecule has 0 aromatic carbocycles.